The third-order valence-corrected chi connectivity index (χ3v) is 3.71. The van der Waals surface area contributed by atoms with E-state index in [1.54, 1.807) is 0 Å². The van der Waals surface area contributed by atoms with Gasteiger partial charge >= 0.3 is 0 Å². The van der Waals surface area contributed by atoms with Gasteiger partial charge in [0.25, 0.3) is 0 Å². The van der Waals surface area contributed by atoms with Gasteiger partial charge in [-0.2, -0.15) is 0 Å². The van der Waals surface area contributed by atoms with Gasteiger partial charge in [-0.05, 0) is 53.2 Å². The number of nitrogens with one attached hydrogen (secondary N) is 1. The van der Waals surface area contributed by atoms with Gasteiger partial charge in [0, 0.05) is 6.61 Å². The number of halogens is 1. The summed E-state index contributed by atoms with van der Waals surface area (Å²) in [6, 6.07) is 6.39. The van der Waals surface area contributed by atoms with Crippen LogP contribution in [0.1, 0.15) is 19.3 Å². The maximum absolute atomic E-state index is 5.79. The zero-order valence-electron chi connectivity index (χ0n) is 9.03. The Morgan fingerprint density at radius 1 is 1.31 bits per heavy atom. The van der Waals surface area contributed by atoms with Crippen LogP contribution < -0.4 is 5.32 Å². The number of ether oxygens (including phenoxy) is 1. The summed E-state index contributed by atoms with van der Waals surface area (Å²) >= 11 is 3.39. The van der Waals surface area contributed by atoms with Crippen molar-refractivity contribution in [3.05, 3.63) is 22.8 Å². The lowest BCUT2D eigenvalue weighted by molar-refractivity contribution is 0.0898. The van der Waals surface area contributed by atoms with Crippen molar-refractivity contribution in [2.75, 3.05) is 11.9 Å². The Bertz CT molecular complexity index is 381. The molecule has 16 heavy (non-hydrogen) atoms. The molecule has 86 valence electrons. The van der Waals surface area contributed by atoms with Crippen molar-refractivity contribution >= 4 is 21.7 Å². The van der Waals surface area contributed by atoms with Crippen LogP contribution >= 0.6 is 15.9 Å². The predicted molar refractivity (Wildman–Crippen MR) is 66.4 cm³/mol. The Labute approximate surface area is 104 Å². The van der Waals surface area contributed by atoms with Crippen LogP contribution in [0.3, 0.4) is 0 Å². The molecule has 2 heterocycles. The Morgan fingerprint density at radius 3 is 2.94 bits per heavy atom. The summed E-state index contributed by atoms with van der Waals surface area (Å²) in [5.74, 6) is 1.72. The molecule has 3 rings (SSSR count). The molecule has 0 aromatic carbocycles. The van der Waals surface area contributed by atoms with E-state index in [1.807, 2.05) is 18.2 Å². The van der Waals surface area contributed by atoms with Gasteiger partial charge in [0.05, 0.1) is 12.1 Å². The molecule has 2 aliphatic rings. The van der Waals surface area contributed by atoms with E-state index in [-0.39, 0.29) is 0 Å². The lowest BCUT2D eigenvalue weighted by atomic mass is 10.1. The van der Waals surface area contributed by atoms with Gasteiger partial charge in [-0.15, -0.1) is 0 Å². The highest BCUT2D eigenvalue weighted by molar-refractivity contribution is 9.10. The summed E-state index contributed by atoms with van der Waals surface area (Å²) in [5, 5.41) is 3.49. The van der Waals surface area contributed by atoms with E-state index in [0.29, 0.717) is 12.1 Å². The highest BCUT2D eigenvalue weighted by atomic mass is 79.9. The van der Waals surface area contributed by atoms with E-state index >= 15 is 0 Å². The second kappa shape index (κ2) is 4.34. The standard InChI is InChI=1S/C12H15BrN2O/c13-10-2-1-3-11(15-10)14-9-6-7-16-12(9)8-4-5-8/h1-3,8-9,12H,4-7H2,(H,14,15). The first-order valence-electron chi connectivity index (χ1n) is 5.83. The van der Waals surface area contributed by atoms with E-state index < -0.39 is 0 Å². The Morgan fingerprint density at radius 2 is 2.19 bits per heavy atom. The molecule has 3 nitrogen and oxygen atoms in total. The zero-order valence-corrected chi connectivity index (χ0v) is 10.6. The molecule has 1 aliphatic heterocycles. The molecule has 2 unspecified atom stereocenters. The lowest BCUT2D eigenvalue weighted by Gasteiger charge is -2.19. The molecule has 1 aromatic heterocycles. The highest BCUT2D eigenvalue weighted by Crippen LogP contribution is 2.39. The molecule has 0 radical (unpaired) electrons. The molecular formula is C12H15BrN2O. The largest absolute Gasteiger partial charge is 0.376 e. The number of aromatic nitrogens is 1. The van der Waals surface area contributed by atoms with Gasteiger partial charge in [-0.3, -0.25) is 0 Å². The van der Waals surface area contributed by atoms with Crippen molar-refractivity contribution in [1.82, 2.24) is 4.98 Å². The Kier molecular flexibility index (Phi) is 2.86. The first kappa shape index (κ1) is 10.5. The van der Waals surface area contributed by atoms with Crippen molar-refractivity contribution in [2.45, 2.75) is 31.4 Å². The van der Waals surface area contributed by atoms with Crippen LogP contribution in [0.15, 0.2) is 22.8 Å². The number of pyridine rings is 1. The Hall–Kier alpha value is -0.610. The highest BCUT2D eigenvalue weighted by Gasteiger charge is 2.40. The second-order valence-corrected chi connectivity index (χ2v) is 5.37. The molecule has 0 bridgehead atoms. The lowest BCUT2D eigenvalue weighted by Crippen LogP contribution is -2.31. The molecule has 0 spiro atoms. The van der Waals surface area contributed by atoms with Gasteiger partial charge in [-0.25, -0.2) is 4.98 Å². The number of hydrogen-bond donors (Lipinski definition) is 1. The van der Waals surface area contributed by atoms with Crippen LogP contribution in [0.2, 0.25) is 0 Å². The Balaban J connectivity index is 1.69. The molecule has 4 heteroatoms. The zero-order chi connectivity index (χ0) is 11.0. The average Bonchev–Trinajstić information content (AvgIpc) is 3.00. The van der Waals surface area contributed by atoms with Gasteiger partial charge < -0.3 is 10.1 Å². The molecule has 1 N–H and O–H groups in total. The van der Waals surface area contributed by atoms with Gasteiger partial charge in [0.2, 0.25) is 0 Å². The quantitative estimate of drug-likeness (QED) is 0.866. The van der Waals surface area contributed by atoms with Crippen LogP contribution in [0.5, 0.6) is 0 Å². The smallest absolute Gasteiger partial charge is 0.127 e. The van der Waals surface area contributed by atoms with Crippen LogP contribution in [-0.2, 0) is 4.74 Å². The third kappa shape index (κ3) is 2.23. The van der Waals surface area contributed by atoms with Crippen LogP contribution in [0, 0.1) is 5.92 Å². The predicted octanol–water partition coefficient (Wildman–Crippen LogP) is 2.82. The third-order valence-electron chi connectivity index (χ3n) is 3.27. The summed E-state index contributed by atoms with van der Waals surface area (Å²) in [7, 11) is 0. The van der Waals surface area contributed by atoms with Crippen LogP contribution in [-0.4, -0.2) is 23.7 Å². The van der Waals surface area contributed by atoms with Crippen molar-refractivity contribution in [3.63, 3.8) is 0 Å². The fraction of sp³-hybridized carbons (Fsp3) is 0.583. The summed E-state index contributed by atoms with van der Waals surface area (Å²) < 4.78 is 6.66. The number of nitrogens with zero attached hydrogens (tertiary/aromatic N) is 1. The molecule has 1 saturated carbocycles. The minimum absolute atomic E-state index is 0.404. The number of rotatable bonds is 3. The number of anilines is 1. The van der Waals surface area contributed by atoms with Crippen LogP contribution in [0.25, 0.3) is 0 Å². The van der Waals surface area contributed by atoms with Crippen molar-refractivity contribution < 1.29 is 4.74 Å². The monoisotopic (exact) mass is 282 g/mol. The summed E-state index contributed by atoms with van der Waals surface area (Å²) in [4.78, 5) is 4.40. The topological polar surface area (TPSA) is 34.1 Å². The second-order valence-electron chi connectivity index (χ2n) is 4.56. The summed E-state index contributed by atoms with van der Waals surface area (Å²) in [6.07, 6.45) is 4.15. The normalized spacial score (nSPS) is 29.3. The van der Waals surface area contributed by atoms with Gasteiger partial charge in [-0.1, -0.05) is 6.07 Å². The van der Waals surface area contributed by atoms with Crippen LogP contribution in [0.4, 0.5) is 5.82 Å². The van der Waals surface area contributed by atoms with Gasteiger partial charge in [0.1, 0.15) is 10.4 Å². The maximum atomic E-state index is 5.79. The van der Waals surface area contributed by atoms with Gasteiger partial charge in [0.15, 0.2) is 0 Å². The fourth-order valence-electron chi connectivity index (χ4n) is 2.33. The first-order valence-corrected chi connectivity index (χ1v) is 6.63. The first-order chi connectivity index (χ1) is 7.83. The molecular weight excluding hydrogens is 268 g/mol. The molecule has 1 aromatic rings. The molecule has 2 fully saturated rings. The van der Waals surface area contributed by atoms with E-state index in [4.69, 9.17) is 4.74 Å². The minimum Gasteiger partial charge on any atom is -0.376 e. The van der Waals surface area contributed by atoms with E-state index in [9.17, 15) is 0 Å². The molecule has 1 aliphatic carbocycles. The van der Waals surface area contributed by atoms with E-state index in [1.165, 1.54) is 12.8 Å². The summed E-state index contributed by atoms with van der Waals surface area (Å²) in [5.41, 5.74) is 0. The SMILES string of the molecule is Brc1cccc(NC2CCOC2C2CC2)n1. The van der Waals surface area contributed by atoms with Crippen molar-refractivity contribution in [3.8, 4) is 0 Å². The van der Waals surface area contributed by atoms with Crippen molar-refractivity contribution in [1.29, 1.82) is 0 Å². The molecule has 0 amide bonds. The fourth-order valence-corrected chi connectivity index (χ4v) is 2.68. The molecule has 1 saturated heterocycles. The van der Waals surface area contributed by atoms with E-state index in [2.05, 4.69) is 26.2 Å². The van der Waals surface area contributed by atoms with E-state index in [0.717, 1.165) is 29.4 Å². The van der Waals surface area contributed by atoms with Crippen molar-refractivity contribution in [2.24, 2.45) is 5.92 Å². The maximum Gasteiger partial charge on any atom is 0.127 e. The number of hydrogen-bond acceptors (Lipinski definition) is 3. The molecule has 2 atom stereocenters. The average molecular weight is 283 g/mol. The minimum atomic E-state index is 0.404. The summed E-state index contributed by atoms with van der Waals surface area (Å²) in [6.45, 7) is 0.882.